The van der Waals surface area contributed by atoms with Crippen molar-refractivity contribution in [1.29, 1.82) is 5.26 Å². The topological polar surface area (TPSA) is 63.5 Å². The first-order valence-corrected chi connectivity index (χ1v) is 8.35. The van der Waals surface area contributed by atoms with Crippen molar-refractivity contribution in [1.82, 2.24) is 0 Å². The van der Waals surface area contributed by atoms with Crippen LogP contribution >= 0.6 is 0 Å². The molecule has 1 N–H and O–H groups in total. The summed E-state index contributed by atoms with van der Waals surface area (Å²) in [6.07, 6.45) is 2.90. The van der Waals surface area contributed by atoms with Crippen LogP contribution in [0.3, 0.4) is 0 Å². The van der Waals surface area contributed by atoms with Gasteiger partial charge in [-0.25, -0.2) is 0 Å². The maximum Gasteiger partial charge on any atom is 0.126 e. The van der Waals surface area contributed by atoms with Crippen molar-refractivity contribution in [2.24, 2.45) is 0 Å². The number of nitrogens with one attached hydrogen (secondary N) is 1. The lowest BCUT2D eigenvalue weighted by Crippen LogP contribution is -2.03. The third-order valence-electron chi connectivity index (χ3n) is 3.95. The number of ether oxygens (including phenoxy) is 3. The molecule has 5 nitrogen and oxygen atoms in total. The molecule has 0 aromatic heterocycles. The molecule has 0 bridgehead atoms. The first kappa shape index (κ1) is 19.4. The van der Waals surface area contributed by atoms with Gasteiger partial charge in [0.1, 0.15) is 11.5 Å². The van der Waals surface area contributed by atoms with Crippen molar-refractivity contribution in [2.75, 3.05) is 33.3 Å². The van der Waals surface area contributed by atoms with Crippen LogP contribution in [0.5, 0.6) is 11.5 Å². The maximum absolute atomic E-state index is 9.45. The van der Waals surface area contributed by atoms with E-state index in [0.717, 1.165) is 28.3 Å². The Morgan fingerprint density at radius 1 is 1.08 bits per heavy atom. The van der Waals surface area contributed by atoms with Crippen molar-refractivity contribution in [3.05, 3.63) is 65.4 Å². The van der Waals surface area contributed by atoms with Crippen molar-refractivity contribution in [2.45, 2.75) is 12.8 Å². The zero-order valence-electron chi connectivity index (χ0n) is 15.4. The third-order valence-corrected chi connectivity index (χ3v) is 3.95. The van der Waals surface area contributed by atoms with Crippen molar-refractivity contribution in [3.63, 3.8) is 0 Å². The number of nitrogens with zero attached hydrogens (tertiary/aromatic N) is 1. The molecule has 26 heavy (non-hydrogen) atoms. The summed E-state index contributed by atoms with van der Waals surface area (Å²) in [6, 6.07) is 15.9. The van der Waals surface area contributed by atoms with Crippen molar-refractivity contribution in [3.8, 4) is 17.6 Å². The predicted octanol–water partition coefficient (Wildman–Crippen LogP) is 3.95. The minimum atomic E-state index is 0.480. The Labute approximate surface area is 154 Å². The van der Waals surface area contributed by atoms with Crippen molar-refractivity contribution >= 4 is 5.69 Å². The largest absolute Gasteiger partial charge is 0.496 e. The van der Waals surface area contributed by atoms with Crippen LogP contribution in [0.15, 0.2) is 54.2 Å². The van der Waals surface area contributed by atoms with E-state index in [1.54, 1.807) is 27.5 Å². The van der Waals surface area contributed by atoms with E-state index in [1.165, 1.54) is 0 Å². The van der Waals surface area contributed by atoms with Crippen LogP contribution in [0.2, 0.25) is 0 Å². The first-order valence-electron chi connectivity index (χ1n) is 8.35. The molecule has 0 saturated heterocycles. The van der Waals surface area contributed by atoms with E-state index in [1.807, 2.05) is 42.5 Å². The third kappa shape index (κ3) is 5.27. The van der Waals surface area contributed by atoms with Gasteiger partial charge in [-0.15, -0.1) is 0 Å². The van der Waals surface area contributed by atoms with Crippen LogP contribution in [0, 0.1) is 11.3 Å². The van der Waals surface area contributed by atoms with Gasteiger partial charge in [0, 0.05) is 43.0 Å². The summed E-state index contributed by atoms with van der Waals surface area (Å²) in [5, 5.41) is 12.6. The average Bonchev–Trinajstić information content (AvgIpc) is 2.69. The molecule has 0 fully saturated rings. The Morgan fingerprint density at radius 2 is 1.73 bits per heavy atom. The number of nitriles is 1. The van der Waals surface area contributed by atoms with E-state index in [9.17, 15) is 5.26 Å². The highest BCUT2D eigenvalue weighted by Crippen LogP contribution is 2.32. The summed E-state index contributed by atoms with van der Waals surface area (Å²) in [4.78, 5) is 0. The lowest BCUT2D eigenvalue weighted by Gasteiger charge is -2.15. The molecular formula is C21H24N2O3. The van der Waals surface area contributed by atoms with Gasteiger partial charge in [-0.05, 0) is 29.8 Å². The second-order valence-corrected chi connectivity index (χ2v) is 5.69. The Kier molecular flexibility index (Phi) is 7.53. The number of allylic oxidation sites excluding steroid dienone is 1. The van der Waals surface area contributed by atoms with Crippen LogP contribution in [-0.4, -0.2) is 27.9 Å². The van der Waals surface area contributed by atoms with Gasteiger partial charge >= 0.3 is 0 Å². The average molecular weight is 352 g/mol. The van der Waals surface area contributed by atoms with E-state index in [-0.39, 0.29) is 0 Å². The fourth-order valence-electron chi connectivity index (χ4n) is 2.64. The Hall–Kier alpha value is -2.97. The minimum Gasteiger partial charge on any atom is -0.496 e. The van der Waals surface area contributed by atoms with Gasteiger partial charge in [0.15, 0.2) is 0 Å². The second kappa shape index (κ2) is 10.1. The lowest BCUT2D eigenvalue weighted by atomic mass is 10.0. The van der Waals surface area contributed by atoms with Crippen LogP contribution in [0.1, 0.15) is 11.1 Å². The summed E-state index contributed by atoms with van der Waals surface area (Å²) in [7, 11) is 4.93. The standard InChI is InChI=1S/C21H24N2O3/c1-24-10-9-19-20(25-2)12-16(13-21(19)26-3)11-17(14-22)15-23-18-7-5-4-6-8-18/h4-8,12-13,15,23H,9-11H2,1-3H3. The first-order chi connectivity index (χ1) is 12.7. The Morgan fingerprint density at radius 3 is 2.27 bits per heavy atom. The Balaban J connectivity index is 2.22. The van der Waals surface area contributed by atoms with Crippen LogP contribution in [0.25, 0.3) is 0 Å². The molecule has 2 aromatic carbocycles. The molecule has 0 saturated carbocycles. The zero-order chi connectivity index (χ0) is 18.8. The molecule has 136 valence electrons. The monoisotopic (exact) mass is 352 g/mol. The number of anilines is 1. The van der Waals surface area contributed by atoms with E-state index in [2.05, 4.69) is 11.4 Å². The molecular weight excluding hydrogens is 328 g/mol. The van der Waals surface area contributed by atoms with Gasteiger partial charge in [-0.1, -0.05) is 18.2 Å². The molecule has 0 atom stereocenters. The molecule has 0 radical (unpaired) electrons. The predicted molar refractivity (Wildman–Crippen MR) is 103 cm³/mol. The molecule has 5 heteroatoms. The summed E-state index contributed by atoms with van der Waals surface area (Å²) in [6.45, 7) is 0.580. The quantitative estimate of drug-likeness (QED) is 0.692. The molecule has 0 aliphatic rings. The number of hydrogen-bond acceptors (Lipinski definition) is 5. The van der Waals surface area contributed by atoms with E-state index < -0.39 is 0 Å². The highest BCUT2D eigenvalue weighted by atomic mass is 16.5. The maximum atomic E-state index is 9.45. The molecule has 0 aliphatic heterocycles. The highest BCUT2D eigenvalue weighted by molar-refractivity contribution is 5.51. The number of benzene rings is 2. The molecule has 0 heterocycles. The molecule has 2 aromatic rings. The fourth-order valence-corrected chi connectivity index (χ4v) is 2.64. The number of rotatable bonds is 9. The second-order valence-electron chi connectivity index (χ2n) is 5.69. The van der Waals surface area contributed by atoms with Crippen LogP contribution < -0.4 is 14.8 Å². The fraction of sp³-hybridized carbons (Fsp3) is 0.286. The summed E-state index contributed by atoms with van der Waals surface area (Å²) < 4.78 is 16.2. The normalized spacial score (nSPS) is 10.9. The van der Waals surface area contributed by atoms with E-state index >= 15 is 0 Å². The Bertz CT molecular complexity index is 755. The van der Waals surface area contributed by atoms with Crippen LogP contribution in [0.4, 0.5) is 5.69 Å². The number of methoxy groups -OCH3 is 3. The van der Waals surface area contributed by atoms with Gasteiger partial charge in [-0.3, -0.25) is 0 Å². The summed E-state index contributed by atoms with van der Waals surface area (Å²) >= 11 is 0. The molecule has 0 amide bonds. The smallest absolute Gasteiger partial charge is 0.126 e. The van der Waals surface area contributed by atoms with Crippen molar-refractivity contribution < 1.29 is 14.2 Å². The SMILES string of the molecule is COCCc1c(OC)cc(CC(C#N)=CNc2ccccc2)cc1OC. The number of para-hydroxylation sites is 1. The van der Waals surface area contributed by atoms with Gasteiger partial charge in [-0.2, -0.15) is 5.26 Å². The molecule has 0 spiro atoms. The zero-order valence-corrected chi connectivity index (χ0v) is 15.4. The van der Waals surface area contributed by atoms with Gasteiger partial charge < -0.3 is 19.5 Å². The van der Waals surface area contributed by atoms with Gasteiger partial charge in [0.05, 0.1) is 26.9 Å². The van der Waals surface area contributed by atoms with Gasteiger partial charge in [0.25, 0.3) is 0 Å². The summed E-state index contributed by atoms with van der Waals surface area (Å²) in [5.74, 6) is 1.48. The summed E-state index contributed by atoms with van der Waals surface area (Å²) in [5.41, 5.74) is 3.46. The molecule has 0 unspecified atom stereocenters. The van der Waals surface area contributed by atoms with E-state index in [0.29, 0.717) is 25.0 Å². The van der Waals surface area contributed by atoms with E-state index in [4.69, 9.17) is 14.2 Å². The molecule has 2 rings (SSSR count). The molecule has 0 aliphatic carbocycles. The highest BCUT2D eigenvalue weighted by Gasteiger charge is 2.13. The van der Waals surface area contributed by atoms with Crippen LogP contribution in [-0.2, 0) is 17.6 Å². The number of hydrogen-bond donors (Lipinski definition) is 1. The minimum absolute atomic E-state index is 0.480. The lowest BCUT2D eigenvalue weighted by molar-refractivity contribution is 0.200. The van der Waals surface area contributed by atoms with Gasteiger partial charge in [0.2, 0.25) is 0 Å².